The number of carbonyl (C=O) groups excluding carboxylic acids is 2. The summed E-state index contributed by atoms with van der Waals surface area (Å²) in [5, 5.41) is 0. The number of carbonyl (C=O) groups is 2. The van der Waals surface area contributed by atoms with Gasteiger partial charge < -0.3 is 9.47 Å². The fraction of sp³-hybridized carbons (Fsp3) is 0.467. The molecule has 1 aromatic rings. The molecule has 1 aromatic carbocycles. The van der Waals surface area contributed by atoms with Crippen molar-refractivity contribution in [2.24, 2.45) is 0 Å². The van der Waals surface area contributed by atoms with Crippen molar-refractivity contribution in [3.05, 3.63) is 35.9 Å². The van der Waals surface area contributed by atoms with Crippen LogP contribution in [0.2, 0.25) is 0 Å². The summed E-state index contributed by atoms with van der Waals surface area (Å²) < 4.78 is 10.1. The summed E-state index contributed by atoms with van der Waals surface area (Å²) in [4.78, 5) is 25.4. The van der Waals surface area contributed by atoms with Crippen LogP contribution in [0.25, 0.3) is 0 Å². The van der Waals surface area contributed by atoms with Gasteiger partial charge in [0.25, 0.3) is 0 Å². The van der Waals surface area contributed by atoms with Crippen LogP contribution < -0.4 is 0 Å². The van der Waals surface area contributed by atoms with E-state index >= 15 is 0 Å². The van der Waals surface area contributed by atoms with Crippen LogP contribution in [-0.2, 0) is 20.8 Å². The second kappa shape index (κ2) is 6.41. The second-order valence-electron chi connectivity index (χ2n) is 4.79. The van der Waals surface area contributed by atoms with Crippen LogP contribution in [0.1, 0.15) is 25.3 Å². The number of amides is 1. The standard InChI is InChI=1S/C15H19NO4/c1-3-7-12-13(14(17)19-2)16(15(18)20-12)10-11-8-5-4-6-9-11/h4-6,8-9,12-13H,3,7,10H2,1-2H3/t12-,13+/m0/s1. The van der Waals surface area contributed by atoms with Gasteiger partial charge in [-0.15, -0.1) is 0 Å². The van der Waals surface area contributed by atoms with E-state index in [1.54, 1.807) is 0 Å². The molecule has 0 bridgehead atoms. The normalized spacial score (nSPS) is 21.7. The molecule has 2 rings (SSSR count). The van der Waals surface area contributed by atoms with Crippen LogP contribution in [0, 0.1) is 0 Å². The SMILES string of the molecule is CCC[C@@H]1OC(=O)N(Cc2ccccc2)[C@H]1C(=O)OC. The maximum absolute atomic E-state index is 12.0. The average Bonchev–Trinajstić information content (AvgIpc) is 2.76. The number of methoxy groups -OCH3 is 1. The van der Waals surface area contributed by atoms with Crippen molar-refractivity contribution >= 4 is 12.1 Å². The van der Waals surface area contributed by atoms with Gasteiger partial charge in [-0.1, -0.05) is 43.7 Å². The number of benzene rings is 1. The highest BCUT2D eigenvalue weighted by molar-refractivity contribution is 5.85. The summed E-state index contributed by atoms with van der Waals surface area (Å²) in [6.07, 6.45) is 0.605. The lowest BCUT2D eigenvalue weighted by atomic mass is 10.1. The first-order chi connectivity index (χ1) is 9.67. The van der Waals surface area contributed by atoms with Gasteiger partial charge in [-0.25, -0.2) is 9.59 Å². The van der Waals surface area contributed by atoms with Gasteiger partial charge in [-0.2, -0.15) is 0 Å². The largest absolute Gasteiger partial charge is 0.467 e. The molecule has 1 aliphatic heterocycles. The maximum atomic E-state index is 12.0. The van der Waals surface area contributed by atoms with Crippen molar-refractivity contribution < 1.29 is 19.1 Å². The lowest BCUT2D eigenvalue weighted by molar-refractivity contribution is -0.146. The monoisotopic (exact) mass is 277 g/mol. The molecule has 2 atom stereocenters. The third kappa shape index (κ3) is 2.92. The van der Waals surface area contributed by atoms with E-state index in [1.165, 1.54) is 12.0 Å². The van der Waals surface area contributed by atoms with E-state index < -0.39 is 24.2 Å². The Morgan fingerprint density at radius 2 is 2.05 bits per heavy atom. The lowest BCUT2D eigenvalue weighted by Crippen LogP contribution is -2.43. The Labute approximate surface area is 118 Å². The van der Waals surface area contributed by atoms with Gasteiger partial charge in [-0.3, -0.25) is 4.90 Å². The molecule has 0 saturated carbocycles. The molecule has 5 heteroatoms. The van der Waals surface area contributed by atoms with Gasteiger partial charge in [0, 0.05) is 0 Å². The molecular weight excluding hydrogens is 258 g/mol. The zero-order valence-corrected chi connectivity index (χ0v) is 11.7. The number of esters is 1. The van der Waals surface area contributed by atoms with Crippen molar-refractivity contribution in [3.8, 4) is 0 Å². The lowest BCUT2D eigenvalue weighted by Gasteiger charge is -2.22. The van der Waals surface area contributed by atoms with Crippen LogP contribution in [0.5, 0.6) is 0 Å². The molecule has 20 heavy (non-hydrogen) atoms. The maximum Gasteiger partial charge on any atom is 0.411 e. The number of nitrogens with zero attached hydrogens (tertiary/aromatic N) is 1. The minimum atomic E-state index is -0.660. The van der Waals surface area contributed by atoms with Crippen molar-refractivity contribution in [1.82, 2.24) is 4.90 Å². The van der Waals surface area contributed by atoms with E-state index in [2.05, 4.69) is 0 Å². The first-order valence-electron chi connectivity index (χ1n) is 6.76. The number of ether oxygens (including phenoxy) is 2. The fourth-order valence-electron chi connectivity index (χ4n) is 2.42. The molecule has 1 fully saturated rings. The molecular formula is C15H19NO4. The Bertz CT molecular complexity index is 474. The molecule has 108 valence electrons. The van der Waals surface area contributed by atoms with E-state index in [0.29, 0.717) is 13.0 Å². The zero-order valence-electron chi connectivity index (χ0n) is 11.7. The molecule has 1 saturated heterocycles. The van der Waals surface area contributed by atoms with E-state index in [4.69, 9.17) is 9.47 Å². The minimum absolute atomic E-state index is 0.347. The minimum Gasteiger partial charge on any atom is -0.467 e. The van der Waals surface area contributed by atoms with Crippen LogP contribution in [0.4, 0.5) is 4.79 Å². The van der Waals surface area contributed by atoms with Gasteiger partial charge in [0.05, 0.1) is 13.7 Å². The molecule has 0 aromatic heterocycles. The Balaban J connectivity index is 2.19. The quantitative estimate of drug-likeness (QED) is 0.775. The van der Waals surface area contributed by atoms with Gasteiger partial charge >= 0.3 is 12.1 Å². The molecule has 1 heterocycles. The van der Waals surface area contributed by atoms with Gasteiger partial charge in [0.1, 0.15) is 6.10 Å². The molecule has 5 nitrogen and oxygen atoms in total. The second-order valence-corrected chi connectivity index (χ2v) is 4.79. The molecule has 1 aliphatic rings. The highest BCUT2D eigenvalue weighted by atomic mass is 16.6. The van der Waals surface area contributed by atoms with Crippen molar-refractivity contribution in [2.45, 2.75) is 38.5 Å². The third-order valence-electron chi connectivity index (χ3n) is 3.39. The van der Waals surface area contributed by atoms with Crippen LogP contribution in [-0.4, -0.2) is 36.2 Å². The number of cyclic esters (lactones) is 1. The van der Waals surface area contributed by atoms with Crippen molar-refractivity contribution in [2.75, 3.05) is 7.11 Å². The molecule has 0 N–H and O–H groups in total. The van der Waals surface area contributed by atoms with Crippen molar-refractivity contribution in [1.29, 1.82) is 0 Å². The highest BCUT2D eigenvalue weighted by Crippen LogP contribution is 2.26. The first-order valence-corrected chi connectivity index (χ1v) is 6.76. The van der Waals surface area contributed by atoms with E-state index in [-0.39, 0.29) is 0 Å². The summed E-state index contributed by atoms with van der Waals surface area (Å²) in [6.45, 7) is 2.34. The van der Waals surface area contributed by atoms with Gasteiger partial charge in [0.2, 0.25) is 0 Å². The molecule has 0 spiro atoms. The third-order valence-corrected chi connectivity index (χ3v) is 3.39. The molecule has 1 amide bonds. The van der Waals surface area contributed by atoms with E-state index in [1.807, 2.05) is 37.3 Å². The summed E-state index contributed by atoms with van der Waals surface area (Å²) in [7, 11) is 1.33. The first kappa shape index (κ1) is 14.4. The molecule has 0 radical (unpaired) electrons. The Hall–Kier alpha value is -2.04. The van der Waals surface area contributed by atoms with Crippen LogP contribution >= 0.6 is 0 Å². The van der Waals surface area contributed by atoms with Crippen LogP contribution in [0.3, 0.4) is 0 Å². The Morgan fingerprint density at radius 1 is 1.35 bits per heavy atom. The Kier molecular flexibility index (Phi) is 4.61. The van der Waals surface area contributed by atoms with Crippen LogP contribution in [0.15, 0.2) is 30.3 Å². The fourth-order valence-corrected chi connectivity index (χ4v) is 2.42. The highest BCUT2D eigenvalue weighted by Gasteiger charge is 2.46. The summed E-state index contributed by atoms with van der Waals surface area (Å²) in [5.74, 6) is -0.426. The van der Waals surface area contributed by atoms with Gasteiger partial charge in [0.15, 0.2) is 6.04 Å². The predicted octanol–water partition coefficient (Wildman–Crippen LogP) is 2.35. The summed E-state index contributed by atoms with van der Waals surface area (Å²) >= 11 is 0. The zero-order chi connectivity index (χ0) is 14.5. The summed E-state index contributed by atoms with van der Waals surface area (Å²) in [6, 6.07) is 8.86. The van der Waals surface area contributed by atoms with E-state index in [9.17, 15) is 9.59 Å². The molecule has 0 aliphatic carbocycles. The van der Waals surface area contributed by atoms with E-state index in [0.717, 1.165) is 12.0 Å². The topological polar surface area (TPSA) is 55.8 Å². The van der Waals surface area contributed by atoms with Crippen molar-refractivity contribution in [3.63, 3.8) is 0 Å². The number of hydrogen-bond donors (Lipinski definition) is 0. The smallest absolute Gasteiger partial charge is 0.411 e. The molecule has 0 unspecified atom stereocenters. The number of hydrogen-bond acceptors (Lipinski definition) is 4. The summed E-state index contributed by atoms with van der Waals surface area (Å²) in [5.41, 5.74) is 0.954. The Morgan fingerprint density at radius 3 is 2.65 bits per heavy atom. The average molecular weight is 277 g/mol. The number of rotatable bonds is 5. The predicted molar refractivity (Wildman–Crippen MR) is 73.0 cm³/mol. The van der Waals surface area contributed by atoms with Gasteiger partial charge in [-0.05, 0) is 12.0 Å².